The lowest BCUT2D eigenvalue weighted by molar-refractivity contribution is -0.00461. The number of likely N-dealkylation sites (tertiary alicyclic amines) is 1. The van der Waals surface area contributed by atoms with E-state index in [9.17, 15) is 4.79 Å². The van der Waals surface area contributed by atoms with Crippen molar-refractivity contribution in [2.45, 2.75) is 18.6 Å². The van der Waals surface area contributed by atoms with E-state index < -0.39 is 0 Å². The first-order valence-corrected chi connectivity index (χ1v) is 6.83. The smallest absolute Gasteiger partial charge is 0.254 e. The number of hydrogen-bond donors (Lipinski definition) is 1. The van der Waals surface area contributed by atoms with Gasteiger partial charge in [-0.15, -0.1) is 0 Å². The Bertz CT molecular complexity index is 452. The minimum absolute atomic E-state index is 0.0190. The van der Waals surface area contributed by atoms with Gasteiger partial charge in [-0.25, -0.2) is 0 Å². The number of carbonyl (C=O) groups excluding carboxylic acids is 1. The van der Waals surface area contributed by atoms with E-state index in [1.807, 2.05) is 24.3 Å². The summed E-state index contributed by atoms with van der Waals surface area (Å²) in [6, 6.07) is 7.64. The topological polar surface area (TPSA) is 64.8 Å². The van der Waals surface area contributed by atoms with Gasteiger partial charge < -0.3 is 20.1 Å². The number of amides is 1. The van der Waals surface area contributed by atoms with E-state index in [4.69, 9.17) is 15.2 Å². The van der Waals surface area contributed by atoms with Crippen molar-refractivity contribution in [3.05, 3.63) is 35.4 Å². The maximum Gasteiger partial charge on any atom is 0.254 e. The highest BCUT2D eigenvalue weighted by Gasteiger charge is 2.35. The highest BCUT2D eigenvalue weighted by molar-refractivity contribution is 5.94. The minimum atomic E-state index is -0.0591. The van der Waals surface area contributed by atoms with Crippen LogP contribution in [0.1, 0.15) is 15.9 Å². The van der Waals surface area contributed by atoms with Crippen LogP contribution in [0.3, 0.4) is 0 Å². The van der Waals surface area contributed by atoms with Crippen LogP contribution in [0.5, 0.6) is 0 Å². The Balaban J connectivity index is 2.10. The fraction of sp³-hybridized carbons (Fsp3) is 0.533. The molecule has 1 fully saturated rings. The number of nitrogens with two attached hydrogens (primary N) is 1. The fourth-order valence-electron chi connectivity index (χ4n) is 2.57. The fourth-order valence-corrected chi connectivity index (χ4v) is 2.57. The number of carbonyl (C=O) groups is 1. The van der Waals surface area contributed by atoms with Gasteiger partial charge in [0.15, 0.2) is 0 Å². The van der Waals surface area contributed by atoms with Gasteiger partial charge in [-0.2, -0.15) is 0 Å². The lowest BCUT2D eigenvalue weighted by Gasteiger charge is -2.16. The Morgan fingerprint density at radius 1 is 1.30 bits per heavy atom. The number of methoxy groups -OCH3 is 2. The highest BCUT2D eigenvalue weighted by Crippen LogP contribution is 2.19. The molecule has 2 unspecified atom stereocenters. The molecular weight excluding hydrogens is 256 g/mol. The summed E-state index contributed by atoms with van der Waals surface area (Å²) in [5.74, 6) is 0.0190. The first kappa shape index (κ1) is 15.0. The van der Waals surface area contributed by atoms with Crippen molar-refractivity contribution in [3.63, 3.8) is 0 Å². The highest BCUT2D eigenvalue weighted by atomic mass is 16.5. The van der Waals surface area contributed by atoms with Crippen LogP contribution in [-0.2, 0) is 15.9 Å². The van der Waals surface area contributed by atoms with Gasteiger partial charge in [0.2, 0.25) is 0 Å². The minimum Gasteiger partial charge on any atom is -0.377 e. The van der Waals surface area contributed by atoms with Crippen LogP contribution in [0.15, 0.2) is 24.3 Å². The lowest BCUT2D eigenvalue weighted by Crippen LogP contribution is -2.30. The van der Waals surface area contributed by atoms with Gasteiger partial charge in [0.25, 0.3) is 5.91 Å². The van der Waals surface area contributed by atoms with Crippen LogP contribution in [0.2, 0.25) is 0 Å². The van der Waals surface area contributed by atoms with Gasteiger partial charge in [-0.3, -0.25) is 4.79 Å². The summed E-state index contributed by atoms with van der Waals surface area (Å²) in [6.45, 7) is 1.71. The summed E-state index contributed by atoms with van der Waals surface area (Å²) in [4.78, 5) is 14.3. The molecule has 0 bridgehead atoms. The van der Waals surface area contributed by atoms with Crippen molar-refractivity contribution in [1.82, 2.24) is 4.90 Å². The Morgan fingerprint density at radius 3 is 2.50 bits per heavy atom. The monoisotopic (exact) mass is 278 g/mol. The van der Waals surface area contributed by atoms with Crippen LogP contribution in [0, 0.1) is 0 Å². The molecule has 5 heteroatoms. The maximum atomic E-state index is 12.5. The Morgan fingerprint density at radius 2 is 1.95 bits per heavy atom. The van der Waals surface area contributed by atoms with E-state index in [0.29, 0.717) is 25.2 Å². The van der Waals surface area contributed by atoms with Crippen LogP contribution in [0.4, 0.5) is 0 Å². The van der Waals surface area contributed by atoms with E-state index in [1.54, 1.807) is 19.1 Å². The van der Waals surface area contributed by atoms with Crippen molar-refractivity contribution in [2.75, 3.05) is 33.9 Å². The van der Waals surface area contributed by atoms with Crippen LogP contribution >= 0.6 is 0 Å². The molecule has 1 aliphatic heterocycles. The zero-order valence-corrected chi connectivity index (χ0v) is 12.0. The molecule has 2 atom stereocenters. The average molecular weight is 278 g/mol. The van der Waals surface area contributed by atoms with Crippen molar-refractivity contribution >= 4 is 5.91 Å². The summed E-state index contributed by atoms with van der Waals surface area (Å²) < 4.78 is 10.7. The van der Waals surface area contributed by atoms with Crippen LogP contribution in [-0.4, -0.2) is 56.9 Å². The Hall–Kier alpha value is -1.43. The van der Waals surface area contributed by atoms with E-state index in [-0.39, 0.29) is 18.1 Å². The second-order valence-electron chi connectivity index (χ2n) is 5.00. The number of hydrogen-bond acceptors (Lipinski definition) is 4. The first-order chi connectivity index (χ1) is 9.69. The number of ether oxygens (including phenoxy) is 2. The molecule has 2 rings (SSSR count). The van der Waals surface area contributed by atoms with E-state index in [1.165, 1.54) is 0 Å². The van der Waals surface area contributed by atoms with Gasteiger partial charge in [-0.1, -0.05) is 12.1 Å². The van der Waals surface area contributed by atoms with Gasteiger partial charge in [-0.05, 0) is 30.7 Å². The molecule has 1 aromatic rings. The predicted octanol–water partition coefficient (Wildman–Crippen LogP) is 0.674. The summed E-state index contributed by atoms with van der Waals surface area (Å²) in [7, 11) is 3.29. The maximum absolute atomic E-state index is 12.5. The van der Waals surface area contributed by atoms with Gasteiger partial charge in [0.05, 0.1) is 0 Å². The third-order valence-electron chi connectivity index (χ3n) is 3.71. The first-order valence-electron chi connectivity index (χ1n) is 6.83. The zero-order chi connectivity index (χ0) is 14.5. The summed E-state index contributed by atoms with van der Waals surface area (Å²) >= 11 is 0. The number of rotatable bonds is 5. The zero-order valence-electron chi connectivity index (χ0n) is 12.0. The van der Waals surface area contributed by atoms with Gasteiger partial charge >= 0.3 is 0 Å². The largest absolute Gasteiger partial charge is 0.377 e. The Labute approximate surface area is 119 Å². The molecule has 110 valence electrons. The normalized spacial score (nSPS) is 22.2. The predicted molar refractivity (Wildman–Crippen MR) is 76.7 cm³/mol. The summed E-state index contributed by atoms with van der Waals surface area (Å²) in [5.41, 5.74) is 7.34. The molecule has 1 amide bonds. The average Bonchev–Trinajstić information content (AvgIpc) is 2.90. The van der Waals surface area contributed by atoms with Crippen molar-refractivity contribution in [1.29, 1.82) is 0 Å². The molecule has 0 aliphatic carbocycles. The molecule has 0 aromatic heterocycles. The molecule has 5 nitrogen and oxygen atoms in total. The molecule has 1 saturated heterocycles. The molecule has 0 radical (unpaired) electrons. The van der Waals surface area contributed by atoms with E-state index >= 15 is 0 Å². The standard InChI is InChI=1S/C15H22N2O3/c1-19-13-9-17(10-14(13)20-2)15(18)12-5-3-4-11(8-12)6-7-16/h3-5,8,13-14H,6-7,9-10,16H2,1-2H3. The third kappa shape index (κ3) is 3.17. The summed E-state index contributed by atoms with van der Waals surface area (Å²) in [6.07, 6.45) is 0.662. The molecule has 1 aromatic carbocycles. The third-order valence-corrected chi connectivity index (χ3v) is 3.71. The van der Waals surface area contributed by atoms with Crippen LogP contribution < -0.4 is 5.73 Å². The molecule has 0 saturated carbocycles. The van der Waals surface area contributed by atoms with Crippen molar-refractivity contribution < 1.29 is 14.3 Å². The summed E-state index contributed by atoms with van der Waals surface area (Å²) in [5, 5.41) is 0. The molecule has 20 heavy (non-hydrogen) atoms. The molecule has 0 spiro atoms. The van der Waals surface area contributed by atoms with Crippen molar-refractivity contribution in [3.8, 4) is 0 Å². The van der Waals surface area contributed by atoms with E-state index in [2.05, 4.69) is 0 Å². The van der Waals surface area contributed by atoms with Gasteiger partial charge in [0, 0.05) is 32.9 Å². The molecule has 1 heterocycles. The molecular formula is C15H22N2O3. The van der Waals surface area contributed by atoms with E-state index in [0.717, 1.165) is 12.0 Å². The lowest BCUT2D eigenvalue weighted by atomic mass is 10.1. The van der Waals surface area contributed by atoms with Crippen molar-refractivity contribution in [2.24, 2.45) is 5.73 Å². The number of benzene rings is 1. The Kier molecular flexibility index (Phi) is 5.11. The second-order valence-corrected chi connectivity index (χ2v) is 5.00. The number of nitrogens with zero attached hydrogens (tertiary/aromatic N) is 1. The molecule has 2 N–H and O–H groups in total. The second kappa shape index (κ2) is 6.83. The van der Waals surface area contributed by atoms with Crippen LogP contribution in [0.25, 0.3) is 0 Å². The quantitative estimate of drug-likeness (QED) is 0.860. The SMILES string of the molecule is COC1CN(C(=O)c2cccc(CCN)c2)CC1OC. The molecule has 1 aliphatic rings. The van der Waals surface area contributed by atoms with Gasteiger partial charge in [0.1, 0.15) is 12.2 Å².